The molecule has 0 heterocycles. The SMILES string of the molecule is Br.Br.Br.Cl.Cl.Cl.[C-]1=CC=CC1.[C-]1=CC=CC1.[CH3-].[CH3-].[Zr+2].[Zr+2]. The minimum Gasteiger partial charge on any atom is -0.358 e. The second kappa shape index (κ2) is 57.4. The largest absolute Gasteiger partial charge is 2.00 e. The summed E-state index contributed by atoms with van der Waals surface area (Å²) in [5.41, 5.74) is 0. The van der Waals surface area contributed by atoms with Crippen LogP contribution in [0, 0.1) is 27.0 Å². The van der Waals surface area contributed by atoms with Gasteiger partial charge < -0.3 is 14.9 Å². The first-order valence-corrected chi connectivity index (χ1v) is 3.43. The monoisotopic (exact) mass is 688 g/mol. The topological polar surface area (TPSA) is 0 Å². The molecule has 0 unspecified atom stereocenters. The Morgan fingerprint density at radius 2 is 0.850 bits per heavy atom. The molecule has 20 heavy (non-hydrogen) atoms. The zero-order valence-electron chi connectivity index (χ0n) is 11.3. The number of rotatable bonds is 0. The van der Waals surface area contributed by atoms with Gasteiger partial charge in [0.05, 0.1) is 0 Å². The first-order chi connectivity index (χ1) is 5.00. The molecule has 0 saturated heterocycles. The Labute approximate surface area is 213 Å². The van der Waals surface area contributed by atoms with Gasteiger partial charge in [0.25, 0.3) is 0 Å². The summed E-state index contributed by atoms with van der Waals surface area (Å²) < 4.78 is 0. The number of halogens is 6. The van der Waals surface area contributed by atoms with Crippen molar-refractivity contribution < 1.29 is 52.4 Å². The van der Waals surface area contributed by atoms with Crippen LogP contribution in [-0.2, 0) is 52.4 Å². The summed E-state index contributed by atoms with van der Waals surface area (Å²) >= 11 is 0. The van der Waals surface area contributed by atoms with Gasteiger partial charge in [0.15, 0.2) is 0 Å². The van der Waals surface area contributed by atoms with Gasteiger partial charge in [0, 0.05) is 0 Å². The summed E-state index contributed by atoms with van der Waals surface area (Å²) in [6, 6.07) is 0. The Bertz CT molecular complexity index is 170. The summed E-state index contributed by atoms with van der Waals surface area (Å²) in [7, 11) is 0. The van der Waals surface area contributed by atoms with E-state index in [4.69, 9.17) is 0 Å². The van der Waals surface area contributed by atoms with Crippen LogP contribution in [0.1, 0.15) is 12.8 Å². The van der Waals surface area contributed by atoms with E-state index >= 15 is 0 Å². The molecule has 0 fully saturated rings. The van der Waals surface area contributed by atoms with E-state index in [1.54, 1.807) is 0 Å². The Morgan fingerprint density at radius 1 is 0.600 bits per heavy atom. The van der Waals surface area contributed by atoms with E-state index in [0.29, 0.717) is 0 Å². The molecule has 0 spiro atoms. The van der Waals surface area contributed by atoms with E-state index < -0.39 is 0 Å². The Hall–Kier alpha value is 3.04. The van der Waals surface area contributed by atoms with Crippen LogP contribution in [0.4, 0.5) is 0 Å². The third-order valence-electron chi connectivity index (χ3n) is 1.17. The molecule has 2 aliphatic rings. The Balaban J connectivity index is -0.00000000833. The molecule has 8 heteroatoms. The van der Waals surface area contributed by atoms with Crippen LogP contribution in [0.3, 0.4) is 0 Å². The molecule has 0 nitrogen and oxygen atoms in total. The normalized spacial score (nSPS) is 8.80. The van der Waals surface area contributed by atoms with Crippen molar-refractivity contribution in [3.63, 3.8) is 0 Å². The zero-order valence-corrected chi connectivity index (χ0v) is 23.8. The zero-order chi connectivity index (χ0) is 7.07. The van der Waals surface area contributed by atoms with Gasteiger partial charge in [0.1, 0.15) is 0 Å². The molecule has 0 N–H and O–H groups in total. The van der Waals surface area contributed by atoms with E-state index in [-0.39, 0.29) is 155 Å². The third-order valence-corrected chi connectivity index (χ3v) is 1.17. The summed E-state index contributed by atoms with van der Waals surface area (Å²) in [5.74, 6) is 0. The fourth-order valence-corrected chi connectivity index (χ4v) is 0.680. The Kier molecular flexibility index (Phi) is 189. The molecule has 2 aliphatic carbocycles. The van der Waals surface area contributed by atoms with Crippen molar-refractivity contribution in [3.8, 4) is 0 Å². The second-order valence-electron chi connectivity index (χ2n) is 2.01. The summed E-state index contributed by atoms with van der Waals surface area (Å²) in [6.07, 6.45) is 20.0. The van der Waals surface area contributed by atoms with Gasteiger partial charge in [-0.05, 0) is 0 Å². The van der Waals surface area contributed by atoms with Crippen molar-refractivity contribution in [1.29, 1.82) is 0 Å². The van der Waals surface area contributed by atoms with Crippen molar-refractivity contribution in [3.05, 3.63) is 63.5 Å². The predicted molar refractivity (Wildman–Crippen MR) is 109 cm³/mol. The maximum Gasteiger partial charge on any atom is 2.00 e. The maximum atomic E-state index is 2.99. The van der Waals surface area contributed by atoms with Crippen LogP contribution in [0.5, 0.6) is 0 Å². The van der Waals surface area contributed by atoms with Crippen LogP contribution >= 0.6 is 88.2 Å². The van der Waals surface area contributed by atoms with Gasteiger partial charge >= 0.3 is 52.4 Å². The molecule has 0 aromatic heterocycles. The molecule has 0 amide bonds. The van der Waals surface area contributed by atoms with Crippen LogP contribution in [0.2, 0.25) is 0 Å². The number of allylic oxidation sites excluding steroid dienone is 8. The first-order valence-electron chi connectivity index (χ1n) is 3.43. The van der Waals surface area contributed by atoms with Crippen molar-refractivity contribution >= 4 is 88.2 Å². The smallest absolute Gasteiger partial charge is 0.358 e. The minimum absolute atomic E-state index is 0. The van der Waals surface area contributed by atoms with Crippen LogP contribution < -0.4 is 0 Å². The quantitative estimate of drug-likeness (QED) is 0.254. The van der Waals surface area contributed by atoms with Crippen molar-refractivity contribution in [1.82, 2.24) is 0 Å². The molecule has 0 aliphatic heterocycles. The molecular weight excluding hydrogens is 673 g/mol. The van der Waals surface area contributed by atoms with Gasteiger partial charge in [-0.15, -0.1) is 101 Å². The molecule has 0 aromatic carbocycles. The predicted octanol–water partition coefficient (Wildman–Crippen LogP) is 6.51. The molecule has 0 aromatic rings. The summed E-state index contributed by atoms with van der Waals surface area (Å²) in [6.45, 7) is 0. The maximum absolute atomic E-state index is 2.99. The molecular formula is C12H22Br3Cl3Zr2. The average molecular weight is 695 g/mol. The van der Waals surface area contributed by atoms with E-state index in [2.05, 4.69) is 24.3 Å². The van der Waals surface area contributed by atoms with E-state index in [1.165, 1.54) is 0 Å². The standard InChI is InChI=1S/2C5H5.2CH3.3BrH.3ClH.2Zr/c2*1-2-4-5-3-1;;;;;;;;;;/h2*1-3H,4H2;2*1H3;6*1H;;/q4*-1;;;;;;;2*+2. The minimum atomic E-state index is 0. The van der Waals surface area contributed by atoms with Crippen LogP contribution in [0.25, 0.3) is 0 Å². The molecule has 2 rings (SSSR count). The van der Waals surface area contributed by atoms with Gasteiger partial charge in [0.2, 0.25) is 0 Å². The molecule has 0 radical (unpaired) electrons. The molecule has 0 atom stereocenters. The van der Waals surface area contributed by atoms with Crippen molar-refractivity contribution in [2.75, 3.05) is 0 Å². The first kappa shape index (κ1) is 65.8. The van der Waals surface area contributed by atoms with E-state index in [0.717, 1.165) is 12.8 Å². The van der Waals surface area contributed by atoms with Gasteiger partial charge in [-0.3, -0.25) is 12.2 Å². The van der Waals surface area contributed by atoms with Gasteiger partial charge in [-0.1, -0.05) is 0 Å². The number of hydrogen-bond acceptors (Lipinski definition) is 0. The van der Waals surface area contributed by atoms with Gasteiger partial charge in [-0.25, -0.2) is 24.3 Å². The van der Waals surface area contributed by atoms with Gasteiger partial charge in [-0.2, -0.15) is 12.2 Å². The van der Waals surface area contributed by atoms with Crippen LogP contribution in [-0.4, -0.2) is 0 Å². The van der Waals surface area contributed by atoms with Crippen LogP contribution in [0.15, 0.2) is 36.5 Å². The number of hydrogen-bond donors (Lipinski definition) is 0. The molecule has 0 bridgehead atoms. The van der Waals surface area contributed by atoms with Crippen molar-refractivity contribution in [2.45, 2.75) is 12.8 Å². The summed E-state index contributed by atoms with van der Waals surface area (Å²) in [4.78, 5) is 0. The van der Waals surface area contributed by atoms with Crippen molar-refractivity contribution in [2.24, 2.45) is 0 Å². The van der Waals surface area contributed by atoms with E-state index in [1.807, 2.05) is 24.3 Å². The molecule has 120 valence electrons. The summed E-state index contributed by atoms with van der Waals surface area (Å²) in [5, 5.41) is 0. The second-order valence-corrected chi connectivity index (χ2v) is 2.01. The fourth-order valence-electron chi connectivity index (χ4n) is 0.680. The fraction of sp³-hybridized carbons (Fsp3) is 0.167. The van der Waals surface area contributed by atoms with E-state index in [9.17, 15) is 0 Å². The average Bonchev–Trinajstić information content (AvgIpc) is 2.67. The molecule has 0 saturated carbocycles. The third kappa shape index (κ3) is 49.7. The Morgan fingerprint density at radius 3 is 0.900 bits per heavy atom.